The summed E-state index contributed by atoms with van der Waals surface area (Å²) < 4.78 is 0. The summed E-state index contributed by atoms with van der Waals surface area (Å²) in [6.45, 7) is 6.92. The minimum Gasteiger partial charge on any atom is -0.371 e. The van der Waals surface area contributed by atoms with E-state index in [9.17, 15) is 4.79 Å². The largest absolute Gasteiger partial charge is 0.371 e. The first-order valence-corrected chi connectivity index (χ1v) is 8.21. The van der Waals surface area contributed by atoms with Crippen LogP contribution in [0.3, 0.4) is 0 Å². The Bertz CT molecular complexity index is 647. The van der Waals surface area contributed by atoms with Crippen molar-refractivity contribution in [2.75, 3.05) is 24.5 Å². The molecular formula is C17H21N3OS. The molecule has 5 heteroatoms. The van der Waals surface area contributed by atoms with Gasteiger partial charge in [0, 0.05) is 25.3 Å². The summed E-state index contributed by atoms with van der Waals surface area (Å²) in [5, 5.41) is 3.49. The smallest absolute Gasteiger partial charge is 0.276 e. The highest BCUT2D eigenvalue weighted by molar-refractivity contribution is 7.80. The number of carbonyl (C=O) groups excluding carboxylic acids is 1. The van der Waals surface area contributed by atoms with E-state index in [0.717, 1.165) is 18.7 Å². The van der Waals surface area contributed by atoms with Gasteiger partial charge in [0.1, 0.15) is 5.70 Å². The molecule has 1 N–H and O–H groups in total. The van der Waals surface area contributed by atoms with Crippen LogP contribution in [-0.2, 0) is 4.79 Å². The van der Waals surface area contributed by atoms with Crippen molar-refractivity contribution in [3.05, 3.63) is 35.0 Å². The first-order chi connectivity index (χ1) is 10.6. The predicted molar refractivity (Wildman–Crippen MR) is 93.7 cm³/mol. The molecule has 0 saturated carbocycles. The number of nitrogens with zero attached hydrogens (tertiary/aromatic N) is 2. The SMILES string of the molecule is CCN1C(=O)C(=Cc2ccc(N3CCCC3)c(C)c2)NC1=S. The van der Waals surface area contributed by atoms with Crippen molar-refractivity contribution in [1.29, 1.82) is 0 Å². The Morgan fingerprint density at radius 2 is 2.05 bits per heavy atom. The van der Waals surface area contributed by atoms with E-state index >= 15 is 0 Å². The molecular weight excluding hydrogens is 294 g/mol. The first-order valence-electron chi connectivity index (χ1n) is 7.80. The second-order valence-corrected chi connectivity index (χ2v) is 6.16. The summed E-state index contributed by atoms with van der Waals surface area (Å²) >= 11 is 5.18. The van der Waals surface area contributed by atoms with Crippen molar-refractivity contribution in [2.24, 2.45) is 0 Å². The summed E-state index contributed by atoms with van der Waals surface area (Å²) in [6, 6.07) is 6.36. The zero-order valence-electron chi connectivity index (χ0n) is 13.1. The zero-order valence-corrected chi connectivity index (χ0v) is 13.9. The third kappa shape index (κ3) is 2.73. The number of hydrogen-bond acceptors (Lipinski definition) is 3. The van der Waals surface area contributed by atoms with Crippen LogP contribution in [0.1, 0.15) is 30.9 Å². The van der Waals surface area contributed by atoms with Crippen LogP contribution in [0, 0.1) is 6.92 Å². The Hall–Kier alpha value is -1.88. The standard InChI is InChI=1S/C17H21N3OS/c1-3-20-16(21)14(18-17(20)22)11-13-6-7-15(12(2)10-13)19-8-4-5-9-19/h6-7,10-11H,3-5,8-9H2,1-2H3,(H,18,22). The lowest BCUT2D eigenvalue weighted by molar-refractivity contribution is -0.122. The van der Waals surface area contributed by atoms with Crippen molar-refractivity contribution in [3.8, 4) is 0 Å². The van der Waals surface area contributed by atoms with Crippen molar-refractivity contribution in [1.82, 2.24) is 10.2 Å². The predicted octanol–water partition coefficient (Wildman–Crippen LogP) is 2.67. The number of nitrogens with one attached hydrogen (secondary N) is 1. The van der Waals surface area contributed by atoms with Gasteiger partial charge in [0.05, 0.1) is 0 Å². The fraction of sp³-hybridized carbons (Fsp3) is 0.412. The number of hydrogen-bond donors (Lipinski definition) is 1. The Morgan fingerprint density at radius 3 is 2.64 bits per heavy atom. The molecule has 4 nitrogen and oxygen atoms in total. The van der Waals surface area contributed by atoms with Crippen molar-refractivity contribution in [2.45, 2.75) is 26.7 Å². The minimum absolute atomic E-state index is 0.0474. The zero-order chi connectivity index (χ0) is 15.7. The molecule has 1 aromatic carbocycles. The van der Waals surface area contributed by atoms with Crippen LogP contribution in [-0.4, -0.2) is 35.6 Å². The third-order valence-corrected chi connectivity index (χ3v) is 4.58. The summed E-state index contributed by atoms with van der Waals surface area (Å²) in [5.74, 6) is -0.0474. The van der Waals surface area contributed by atoms with Gasteiger partial charge in [-0.1, -0.05) is 6.07 Å². The van der Waals surface area contributed by atoms with Crippen LogP contribution in [0.5, 0.6) is 0 Å². The van der Waals surface area contributed by atoms with Gasteiger partial charge >= 0.3 is 0 Å². The van der Waals surface area contributed by atoms with Crippen LogP contribution < -0.4 is 10.2 Å². The molecule has 0 aromatic heterocycles. The maximum Gasteiger partial charge on any atom is 0.276 e. The van der Waals surface area contributed by atoms with Crippen LogP contribution >= 0.6 is 12.2 Å². The van der Waals surface area contributed by atoms with Gasteiger partial charge in [-0.05, 0) is 68.2 Å². The number of amides is 1. The number of anilines is 1. The van der Waals surface area contributed by atoms with E-state index in [2.05, 4.69) is 35.3 Å². The fourth-order valence-corrected chi connectivity index (χ4v) is 3.43. The molecule has 2 saturated heterocycles. The van der Waals surface area contributed by atoms with E-state index in [1.807, 2.05) is 13.0 Å². The molecule has 2 aliphatic heterocycles. The number of aryl methyl sites for hydroxylation is 1. The van der Waals surface area contributed by atoms with Gasteiger partial charge in [-0.3, -0.25) is 9.69 Å². The van der Waals surface area contributed by atoms with Crippen molar-refractivity contribution < 1.29 is 4.79 Å². The summed E-state index contributed by atoms with van der Waals surface area (Å²) in [4.78, 5) is 16.2. The number of likely N-dealkylation sites (N-methyl/N-ethyl adjacent to an activating group) is 1. The molecule has 3 rings (SSSR count). The summed E-state index contributed by atoms with van der Waals surface area (Å²) in [7, 11) is 0. The maximum absolute atomic E-state index is 12.2. The molecule has 1 amide bonds. The molecule has 0 unspecified atom stereocenters. The summed E-state index contributed by atoms with van der Waals surface area (Å²) in [6.07, 6.45) is 4.42. The second kappa shape index (κ2) is 6.08. The van der Waals surface area contributed by atoms with Crippen LogP contribution in [0.25, 0.3) is 6.08 Å². The van der Waals surface area contributed by atoms with Gasteiger partial charge < -0.3 is 10.2 Å². The molecule has 0 radical (unpaired) electrons. The molecule has 2 fully saturated rings. The van der Waals surface area contributed by atoms with E-state index in [4.69, 9.17) is 12.2 Å². The van der Waals surface area contributed by atoms with E-state index in [1.165, 1.54) is 24.1 Å². The lowest BCUT2D eigenvalue weighted by Gasteiger charge is -2.20. The number of benzene rings is 1. The molecule has 2 aliphatic rings. The van der Waals surface area contributed by atoms with Crippen LogP contribution in [0.4, 0.5) is 5.69 Å². The topological polar surface area (TPSA) is 35.6 Å². The molecule has 0 atom stereocenters. The summed E-state index contributed by atoms with van der Waals surface area (Å²) in [5.41, 5.74) is 4.13. The number of thiocarbonyl (C=S) groups is 1. The van der Waals surface area contributed by atoms with E-state index in [0.29, 0.717) is 17.4 Å². The molecule has 0 bridgehead atoms. The first kappa shape index (κ1) is 15.0. The Kier molecular flexibility index (Phi) is 4.16. The quantitative estimate of drug-likeness (QED) is 0.687. The maximum atomic E-state index is 12.2. The van der Waals surface area contributed by atoms with Crippen molar-refractivity contribution in [3.63, 3.8) is 0 Å². The Morgan fingerprint density at radius 1 is 1.32 bits per heavy atom. The molecule has 1 aromatic rings. The molecule has 0 spiro atoms. The average Bonchev–Trinajstić information content (AvgIpc) is 3.09. The highest BCUT2D eigenvalue weighted by Gasteiger charge is 2.29. The van der Waals surface area contributed by atoms with Crippen LogP contribution in [0.2, 0.25) is 0 Å². The average molecular weight is 315 g/mol. The van der Waals surface area contributed by atoms with Crippen molar-refractivity contribution >= 4 is 35.0 Å². The molecule has 116 valence electrons. The Balaban J connectivity index is 1.84. The van der Waals surface area contributed by atoms with E-state index < -0.39 is 0 Å². The second-order valence-electron chi connectivity index (χ2n) is 5.78. The fourth-order valence-electron chi connectivity index (χ4n) is 3.11. The van der Waals surface area contributed by atoms with Gasteiger partial charge in [-0.2, -0.15) is 0 Å². The van der Waals surface area contributed by atoms with Gasteiger partial charge in [-0.25, -0.2) is 0 Å². The monoisotopic (exact) mass is 315 g/mol. The highest BCUT2D eigenvalue weighted by atomic mass is 32.1. The van der Waals surface area contributed by atoms with E-state index in [1.54, 1.807) is 4.90 Å². The normalized spacial score (nSPS) is 20.2. The van der Waals surface area contributed by atoms with E-state index in [-0.39, 0.29) is 5.91 Å². The number of carbonyl (C=O) groups is 1. The van der Waals surface area contributed by atoms with Crippen LogP contribution in [0.15, 0.2) is 23.9 Å². The van der Waals surface area contributed by atoms with Gasteiger partial charge in [0.25, 0.3) is 5.91 Å². The minimum atomic E-state index is -0.0474. The lowest BCUT2D eigenvalue weighted by atomic mass is 10.1. The van der Waals surface area contributed by atoms with Gasteiger partial charge in [0.15, 0.2) is 5.11 Å². The molecule has 0 aliphatic carbocycles. The third-order valence-electron chi connectivity index (χ3n) is 4.26. The molecule has 2 heterocycles. The van der Waals surface area contributed by atoms with Gasteiger partial charge in [0.2, 0.25) is 0 Å². The Labute approximate surface area is 136 Å². The highest BCUT2D eigenvalue weighted by Crippen LogP contribution is 2.26. The van der Waals surface area contributed by atoms with Gasteiger partial charge in [-0.15, -0.1) is 0 Å². The molecule has 22 heavy (non-hydrogen) atoms. The number of rotatable bonds is 3. The lowest BCUT2D eigenvalue weighted by Crippen LogP contribution is -2.30.